The fourth-order valence-electron chi connectivity index (χ4n) is 4.76. The van der Waals surface area contributed by atoms with Crippen LogP contribution in [0.4, 0.5) is 0 Å². The lowest BCUT2D eigenvalue weighted by Gasteiger charge is -2.43. The van der Waals surface area contributed by atoms with Crippen molar-refractivity contribution in [2.45, 2.75) is 59.4 Å². The predicted octanol–water partition coefficient (Wildman–Crippen LogP) is 3.45. The van der Waals surface area contributed by atoms with Crippen LogP contribution in [-0.4, -0.2) is 12.6 Å². The van der Waals surface area contributed by atoms with Crippen LogP contribution >= 0.6 is 0 Å². The van der Waals surface area contributed by atoms with Gasteiger partial charge in [0, 0.05) is 6.04 Å². The summed E-state index contributed by atoms with van der Waals surface area (Å²) in [4.78, 5) is 0. The fourth-order valence-corrected chi connectivity index (χ4v) is 4.76. The summed E-state index contributed by atoms with van der Waals surface area (Å²) in [5, 5.41) is 3.94. The molecule has 3 aliphatic carbocycles. The molecule has 5 unspecified atom stereocenters. The van der Waals surface area contributed by atoms with Crippen LogP contribution < -0.4 is 5.32 Å². The third-order valence-electron chi connectivity index (χ3n) is 6.13. The van der Waals surface area contributed by atoms with Crippen LogP contribution in [0.15, 0.2) is 0 Å². The van der Waals surface area contributed by atoms with E-state index in [2.05, 4.69) is 33.0 Å². The van der Waals surface area contributed by atoms with Gasteiger partial charge in [-0.05, 0) is 60.8 Å². The Morgan fingerprint density at radius 2 is 1.94 bits per heavy atom. The number of nitrogens with one attached hydrogen (secondary N) is 1. The molecule has 1 heteroatoms. The molecule has 5 atom stereocenters. The molecule has 3 rings (SSSR count). The summed E-state index contributed by atoms with van der Waals surface area (Å²) in [5.41, 5.74) is 1.14. The van der Waals surface area contributed by atoms with E-state index in [4.69, 9.17) is 0 Å². The van der Waals surface area contributed by atoms with E-state index in [1.54, 1.807) is 0 Å². The van der Waals surface area contributed by atoms with Gasteiger partial charge in [-0.2, -0.15) is 0 Å². The highest BCUT2D eigenvalue weighted by Gasteiger charge is 2.59. The van der Waals surface area contributed by atoms with E-state index in [1.807, 2.05) is 0 Å². The van der Waals surface area contributed by atoms with Gasteiger partial charge in [-0.1, -0.05) is 27.7 Å². The largest absolute Gasteiger partial charge is 0.313 e. The quantitative estimate of drug-likeness (QED) is 0.769. The first-order valence-corrected chi connectivity index (χ1v) is 7.17. The van der Waals surface area contributed by atoms with Crippen molar-refractivity contribution in [1.82, 2.24) is 5.32 Å². The minimum Gasteiger partial charge on any atom is -0.313 e. The molecule has 0 aromatic carbocycles. The molecule has 92 valence electrons. The fraction of sp³-hybridized carbons (Fsp3) is 1.00. The Morgan fingerprint density at radius 3 is 2.44 bits per heavy atom. The van der Waals surface area contributed by atoms with Crippen LogP contribution in [0.3, 0.4) is 0 Å². The first-order valence-electron chi connectivity index (χ1n) is 7.17. The van der Waals surface area contributed by atoms with E-state index in [1.165, 1.54) is 32.2 Å². The maximum absolute atomic E-state index is 3.94. The first-order chi connectivity index (χ1) is 7.43. The van der Waals surface area contributed by atoms with Crippen molar-refractivity contribution in [3.8, 4) is 0 Å². The van der Waals surface area contributed by atoms with Gasteiger partial charge in [0.15, 0.2) is 0 Å². The Kier molecular flexibility index (Phi) is 2.25. The van der Waals surface area contributed by atoms with Crippen LogP contribution in [0.25, 0.3) is 0 Å². The average Bonchev–Trinajstić information content (AvgIpc) is 2.67. The molecule has 0 radical (unpaired) electrons. The molecule has 0 spiro atoms. The Labute approximate surface area is 100 Å². The molecule has 1 N–H and O–H groups in total. The maximum atomic E-state index is 3.94. The number of fused-ring (bicyclic) bond motifs is 2. The molecule has 0 aromatic rings. The molecule has 0 aliphatic heterocycles. The zero-order chi connectivity index (χ0) is 11.6. The van der Waals surface area contributed by atoms with Crippen molar-refractivity contribution in [2.75, 3.05) is 6.54 Å². The van der Waals surface area contributed by atoms with E-state index < -0.39 is 0 Å². The highest BCUT2D eigenvalue weighted by molar-refractivity contribution is 5.12. The van der Waals surface area contributed by atoms with Gasteiger partial charge in [-0.25, -0.2) is 0 Å². The van der Waals surface area contributed by atoms with Crippen LogP contribution in [0.5, 0.6) is 0 Å². The van der Waals surface area contributed by atoms with Gasteiger partial charge in [0.05, 0.1) is 0 Å². The molecule has 3 aliphatic rings. The van der Waals surface area contributed by atoms with Crippen molar-refractivity contribution in [1.29, 1.82) is 0 Å². The first kappa shape index (κ1) is 11.1. The average molecular weight is 221 g/mol. The maximum Gasteiger partial charge on any atom is 0.0175 e. The number of hydrogen-bond acceptors (Lipinski definition) is 1. The summed E-state index contributed by atoms with van der Waals surface area (Å²) in [6.45, 7) is 11.2. The minimum absolute atomic E-state index is 0.533. The smallest absolute Gasteiger partial charge is 0.0175 e. The molecule has 0 amide bonds. The zero-order valence-corrected chi connectivity index (χ0v) is 11.3. The molecule has 3 fully saturated rings. The lowest BCUT2D eigenvalue weighted by Crippen LogP contribution is -2.50. The molecular formula is C15H27N. The van der Waals surface area contributed by atoms with E-state index in [0.717, 1.165) is 23.8 Å². The Morgan fingerprint density at radius 1 is 1.25 bits per heavy atom. The van der Waals surface area contributed by atoms with Crippen molar-refractivity contribution in [3.05, 3.63) is 0 Å². The molecule has 3 saturated carbocycles. The van der Waals surface area contributed by atoms with Crippen LogP contribution in [0.2, 0.25) is 0 Å². The summed E-state index contributed by atoms with van der Waals surface area (Å²) in [6, 6.07) is 0.770. The highest BCUT2D eigenvalue weighted by atomic mass is 15.0. The summed E-state index contributed by atoms with van der Waals surface area (Å²) in [7, 11) is 0. The second kappa shape index (κ2) is 3.25. The van der Waals surface area contributed by atoms with E-state index in [9.17, 15) is 0 Å². The number of hydrogen-bond donors (Lipinski definition) is 1. The summed E-state index contributed by atoms with van der Waals surface area (Å²) < 4.78 is 0. The topological polar surface area (TPSA) is 12.0 Å². The molecule has 1 nitrogen and oxygen atoms in total. The van der Waals surface area contributed by atoms with Crippen molar-refractivity contribution in [3.63, 3.8) is 0 Å². The highest BCUT2D eigenvalue weighted by Crippen LogP contribution is 2.62. The monoisotopic (exact) mass is 221 g/mol. The van der Waals surface area contributed by atoms with Crippen LogP contribution in [-0.2, 0) is 0 Å². The Balaban J connectivity index is 1.68. The van der Waals surface area contributed by atoms with Crippen LogP contribution in [0, 0.1) is 28.6 Å². The summed E-state index contributed by atoms with van der Waals surface area (Å²) >= 11 is 0. The van der Waals surface area contributed by atoms with Gasteiger partial charge in [0.1, 0.15) is 0 Å². The van der Waals surface area contributed by atoms with E-state index in [0.29, 0.717) is 10.8 Å². The SMILES string of the molecule is CC1CC1CNC1C2(C)CCC(C2)C1(C)C. The van der Waals surface area contributed by atoms with Crippen molar-refractivity contribution >= 4 is 0 Å². The molecule has 0 saturated heterocycles. The van der Waals surface area contributed by atoms with E-state index >= 15 is 0 Å². The second-order valence-electron chi connectivity index (χ2n) is 7.73. The molecule has 2 bridgehead atoms. The Bertz CT molecular complexity index is 291. The lowest BCUT2D eigenvalue weighted by atomic mass is 9.68. The molecule has 0 aromatic heterocycles. The standard InChI is InChI=1S/C15H27N/c1-10-7-11(10)9-16-13-14(2,3)12-5-6-15(13,4)8-12/h10-13,16H,5-9H2,1-4H3. The third-order valence-corrected chi connectivity index (χ3v) is 6.13. The third kappa shape index (κ3) is 1.47. The van der Waals surface area contributed by atoms with Gasteiger partial charge in [0.25, 0.3) is 0 Å². The van der Waals surface area contributed by atoms with Gasteiger partial charge >= 0.3 is 0 Å². The predicted molar refractivity (Wildman–Crippen MR) is 68.3 cm³/mol. The summed E-state index contributed by atoms with van der Waals surface area (Å²) in [6.07, 6.45) is 5.86. The van der Waals surface area contributed by atoms with E-state index in [-0.39, 0.29) is 0 Å². The second-order valence-corrected chi connectivity index (χ2v) is 7.73. The van der Waals surface area contributed by atoms with Gasteiger partial charge < -0.3 is 5.32 Å². The van der Waals surface area contributed by atoms with Gasteiger partial charge in [-0.3, -0.25) is 0 Å². The van der Waals surface area contributed by atoms with Gasteiger partial charge in [-0.15, -0.1) is 0 Å². The van der Waals surface area contributed by atoms with Crippen LogP contribution in [0.1, 0.15) is 53.4 Å². The van der Waals surface area contributed by atoms with Crippen molar-refractivity contribution < 1.29 is 0 Å². The lowest BCUT2D eigenvalue weighted by molar-refractivity contribution is 0.108. The molecule has 0 heterocycles. The Hall–Kier alpha value is -0.0400. The van der Waals surface area contributed by atoms with Gasteiger partial charge in [0.2, 0.25) is 0 Å². The summed E-state index contributed by atoms with van der Waals surface area (Å²) in [5.74, 6) is 2.95. The minimum atomic E-state index is 0.533. The molecule has 16 heavy (non-hydrogen) atoms. The van der Waals surface area contributed by atoms with Crippen molar-refractivity contribution in [2.24, 2.45) is 28.6 Å². The zero-order valence-electron chi connectivity index (χ0n) is 11.3. The number of rotatable bonds is 3. The molecular weight excluding hydrogens is 194 g/mol. The normalized spacial score (nSPS) is 53.2.